The summed E-state index contributed by atoms with van der Waals surface area (Å²) in [6, 6.07) is 0. The topological polar surface area (TPSA) is 60.4 Å². The first-order chi connectivity index (χ1) is 12.7. The number of ether oxygens (including phenoxy) is 1. The molecule has 0 aromatic rings. The Morgan fingerprint density at radius 2 is 1.85 bits per heavy atom. The minimum Gasteiger partial charge on any atom is -0.462 e. The predicted molar refractivity (Wildman–Crippen MR) is 102 cm³/mol. The van der Waals surface area contributed by atoms with Crippen LogP contribution >= 0.6 is 0 Å². The van der Waals surface area contributed by atoms with Gasteiger partial charge < -0.3 is 4.74 Å². The Balaban J connectivity index is 1.77. The minimum atomic E-state index is -0.232. The molecule has 0 aromatic carbocycles. The molecule has 0 bridgehead atoms. The highest BCUT2D eigenvalue weighted by Gasteiger charge is 2.63. The number of Topliss-reactive ketones (excluding diaryl/α,β-unsaturated/α-hetero) is 1. The van der Waals surface area contributed by atoms with Crippen molar-refractivity contribution in [2.24, 2.45) is 34.5 Å². The third-order valence-electron chi connectivity index (χ3n) is 8.68. The van der Waals surface area contributed by atoms with Crippen LogP contribution in [0.5, 0.6) is 0 Å². The van der Waals surface area contributed by atoms with Gasteiger partial charge in [0.2, 0.25) is 0 Å². The van der Waals surface area contributed by atoms with Crippen molar-refractivity contribution in [2.45, 2.75) is 78.7 Å². The second kappa shape index (κ2) is 6.28. The van der Waals surface area contributed by atoms with Crippen LogP contribution in [0.25, 0.3) is 0 Å². The van der Waals surface area contributed by atoms with Gasteiger partial charge in [-0.15, -0.1) is 0 Å². The summed E-state index contributed by atoms with van der Waals surface area (Å²) in [7, 11) is 0. The van der Waals surface area contributed by atoms with Crippen molar-refractivity contribution in [1.29, 1.82) is 0 Å². The van der Waals surface area contributed by atoms with Gasteiger partial charge in [0, 0.05) is 25.2 Å². The quantitative estimate of drug-likeness (QED) is 0.679. The van der Waals surface area contributed by atoms with E-state index in [2.05, 4.69) is 13.8 Å². The predicted octanol–water partition coefficient (Wildman–Crippen LogP) is 4.27. The highest BCUT2D eigenvalue weighted by molar-refractivity contribution is 5.91. The Hall–Kier alpha value is -1.45. The Morgan fingerprint density at radius 3 is 2.52 bits per heavy atom. The summed E-state index contributed by atoms with van der Waals surface area (Å²) >= 11 is 0. The lowest BCUT2D eigenvalue weighted by Gasteiger charge is -2.60. The fraction of sp³-hybridized carbons (Fsp3) is 0.783. The van der Waals surface area contributed by atoms with E-state index in [9.17, 15) is 14.4 Å². The van der Waals surface area contributed by atoms with Crippen molar-refractivity contribution in [1.82, 2.24) is 0 Å². The minimum absolute atomic E-state index is 0.0629. The lowest BCUT2D eigenvalue weighted by Crippen LogP contribution is -2.57. The van der Waals surface area contributed by atoms with Crippen molar-refractivity contribution in [3.05, 3.63) is 11.6 Å². The molecule has 3 fully saturated rings. The summed E-state index contributed by atoms with van der Waals surface area (Å²) in [4.78, 5) is 36.4. The zero-order chi connectivity index (χ0) is 19.6. The number of hydrogen-bond acceptors (Lipinski definition) is 4. The van der Waals surface area contributed by atoms with E-state index in [1.165, 1.54) is 12.5 Å². The highest BCUT2D eigenvalue weighted by Crippen LogP contribution is 2.67. The Morgan fingerprint density at radius 1 is 1.11 bits per heavy atom. The Labute approximate surface area is 162 Å². The number of rotatable bonds is 2. The normalized spacial score (nSPS) is 46.0. The first kappa shape index (κ1) is 18.9. The van der Waals surface area contributed by atoms with Gasteiger partial charge in [0.25, 0.3) is 0 Å². The van der Waals surface area contributed by atoms with E-state index >= 15 is 0 Å². The zero-order valence-electron chi connectivity index (χ0n) is 17.0. The van der Waals surface area contributed by atoms with Gasteiger partial charge >= 0.3 is 5.97 Å². The molecule has 4 aliphatic carbocycles. The van der Waals surface area contributed by atoms with Crippen molar-refractivity contribution >= 4 is 17.5 Å². The van der Waals surface area contributed by atoms with Crippen molar-refractivity contribution in [3.8, 4) is 0 Å². The second-order valence-corrected chi connectivity index (χ2v) is 9.99. The van der Waals surface area contributed by atoms with E-state index in [0.717, 1.165) is 38.5 Å². The van der Waals surface area contributed by atoms with Gasteiger partial charge in [0.1, 0.15) is 11.9 Å². The number of ketones is 2. The molecule has 0 radical (unpaired) electrons. The molecular formula is C23H32O4. The molecule has 7 atom stereocenters. The van der Waals surface area contributed by atoms with E-state index < -0.39 is 0 Å². The molecule has 4 nitrogen and oxygen atoms in total. The van der Waals surface area contributed by atoms with E-state index in [0.29, 0.717) is 18.3 Å². The summed E-state index contributed by atoms with van der Waals surface area (Å²) in [5, 5.41) is 0. The fourth-order valence-corrected chi connectivity index (χ4v) is 7.64. The fourth-order valence-electron chi connectivity index (χ4n) is 7.64. The zero-order valence-corrected chi connectivity index (χ0v) is 17.0. The molecule has 0 saturated heterocycles. The monoisotopic (exact) mass is 372 g/mol. The van der Waals surface area contributed by atoms with Crippen LogP contribution in [0, 0.1) is 34.5 Å². The molecular weight excluding hydrogens is 340 g/mol. The second-order valence-electron chi connectivity index (χ2n) is 9.99. The molecule has 0 heterocycles. The molecule has 0 aromatic heterocycles. The first-order valence-electron chi connectivity index (χ1n) is 10.6. The van der Waals surface area contributed by atoms with Crippen molar-refractivity contribution in [3.63, 3.8) is 0 Å². The number of esters is 1. The van der Waals surface area contributed by atoms with Gasteiger partial charge in [-0.3, -0.25) is 14.4 Å². The van der Waals surface area contributed by atoms with Crippen molar-refractivity contribution in [2.75, 3.05) is 0 Å². The summed E-state index contributed by atoms with van der Waals surface area (Å²) in [5.41, 5.74) is 1.13. The standard InChI is InChI=1S/C23H32O4/c1-13(24)18-7-8-19-17-6-5-15-11-16(26)9-10-22(15,3)21(17)20(27-14(2)25)12-23(18,19)4/h11,17-21H,5-10,12H2,1-4H3/t17?,18-,19?,20-,21?,22+,23-/m1/s1. The molecule has 3 unspecified atom stereocenters. The lowest BCUT2D eigenvalue weighted by molar-refractivity contribution is -0.176. The van der Waals surface area contributed by atoms with Gasteiger partial charge in [0.05, 0.1) is 0 Å². The Bertz CT molecular complexity index is 722. The number of allylic oxidation sites excluding steroid dienone is 1. The third kappa shape index (κ3) is 2.74. The maximum absolute atomic E-state index is 12.4. The SMILES string of the molecule is CC(=O)O[C@@H]1C[C@@]2(C)C(CC[C@@H]2C(C)=O)C2CCC3=CC(=O)CC[C@]3(C)C21. The average molecular weight is 373 g/mol. The lowest BCUT2D eigenvalue weighted by atomic mass is 9.46. The molecule has 0 aliphatic heterocycles. The largest absolute Gasteiger partial charge is 0.462 e. The summed E-state index contributed by atoms with van der Waals surface area (Å²) in [6.07, 6.45) is 8.02. The number of hydrogen-bond donors (Lipinski definition) is 0. The van der Waals surface area contributed by atoms with Crippen LogP contribution in [0.15, 0.2) is 11.6 Å². The van der Waals surface area contributed by atoms with E-state index in [4.69, 9.17) is 4.74 Å². The van der Waals surface area contributed by atoms with Crippen LogP contribution in [0.4, 0.5) is 0 Å². The Kier molecular flexibility index (Phi) is 4.40. The van der Waals surface area contributed by atoms with E-state index in [1.807, 2.05) is 6.08 Å². The van der Waals surface area contributed by atoms with Gasteiger partial charge in [0.15, 0.2) is 5.78 Å². The molecule has 4 rings (SSSR count). The summed E-state index contributed by atoms with van der Waals surface area (Å²) < 4.78 is 5.94. The molecule has 148 valence electrons. The van der Waals surface area contributed by atoms with Crippen LogP contribution in [0.3, 0.4) is 0 Å². The van der Waals surface area contributed by atoms with Gasteiger partial charge in [-0.25, -0.2) is 0 Å². The molecule has 4 heteroatoms. The number of carbonyl (C=O) groups excluding carboxylic acids is 3. The van der Waals surface area contributed by atoms with E-state index in [1.54, 1.807) is 6.92 Å². The van der Waals surface area contributed by atoms with Crippen LogP contribution in [0.1, 0.15) is 72.6 Å². The maximum atomic E-state index is 12.4. The molecule has 3 saturated carbocycles. The first-order valence-corrected chi connectivity index (χ1v) is 10.6. The number of carbonyl (C=O) groups is 3. The van der Waals surface area contributed by atoms with Crippen LogP contribution in [-0.2, 0) is 19.1 Å². The molecule has 0 spiro atoms. The highest BCUT2D eigenvalue weighted by atomic mass is 16.5. The van der Waals surface area contributed by atoms with Gasteiger partial charge in [-0.2, -0.15) is 0 Å². The van der Waals surface area contributed by atoms with E-state index in [-0.39, 0.29) is 46.3 Å². The van der Waals surface area contributed by atoms with Crippen LogP contribution in [0.2, 0.25) is 0 Å². The number of fused-ring (bicyclic) bond motifs is 5. The van der Waals surface area contributed by atoms with Crippen LogP contribution < -0.4 is 0 Å². The smallest absolute Gasteiger partial charge is 0.302 e. The van der Waals surface area contributed by atoms with Gasteiger partial charge in [-0.05, 0) is 74.2 Å². The molecule has 0 N–H and O–H groups in total. The molecule has 0 amide bonds. The third-order valence-corrected chi connectivity index (χ3v) is 8.68. The summed E-state index contributed by atoms with van der Waals surface area (Å²) in [5.74, 6) is 1.61. The average Bonchev–Trinajstić information content (AvgIpc) is 2.91. The van der Waals surface area contributed by atoms with Crippen molar-refractivity contribution < 1.29 is 19.1 Å². The maximum Gasteiger partial charge on any atom is 0.302 e. The molecule has 4 aliphatic rings. The summed E-state index contributed by atoms with van der Waals surface area (Å²) in [6.45, 7) is 7.77. The van der Waals surface area contributed by atoms with Gasteiger partial charge in [-0.1, -0.05) is 19.4 Å². The van der Waals surface area contributed by atoms with Crippen LogP contribution in [-0.4, -0.2) is 23.6 Å². The molecule has 27 heavy (non-hydrogen) atoms.